The average Bonchev–Trinajstić information content (AvgIpc) is 3.48. The Balaban J connectivity index is 2.51. The number of hydrogen-bond acceptors (Lipinski definition) is 10. The van der Waals surface area contributed by atoms with Gasteiger partial charge in [-0.1, -0.05) is 0 Å². The third-order valence-electron chi connectivity index (χ3n) is 8.79. The van der Waals surface area contributed by atoms with Gasteiger partial charge in [-0.05, 0) is 78.2 Å². The summed E-state index contributed by atoms with van der Waals surface area (Å²) in [5.41, 5.74) is -6.94. The van der Waals surface area contributed by atoms with E-state index in [1.165, 1.54) is 28.4 Å². The van der Waals surface area contributed by atoms with Gasteiger partial charge in [-0.3, -0.25) is 4.79 Å². The van der Waals surface area contributed by atoms with Crippen LogP contribution in [0.15, 0.2) is 0 Å². The zero-order valence-electron chi connectivity index (χ0n) is 26.9. The van der Waals surface area contributed by atoms with Gasteiger partial charge in [0.05, 0.1) is 5.41 Å². The summed E-state index contributed by atoms with van der Waals surface area (Å²) < 4.78 is 127. The maximum atomic E-state index is 13.4. The van der Waals surface area contributed by atoms with Crippen molar-refractivity contribution in [3.63, 3.8) is 0 Å². The third-order valence-corrected chi connectivity index (χ3v) is 19.8. The van der Waals surface area contributed by atoms with Crippen molar-refractivity contribution in [1.29, 1.82) is 0 Å². The van der Waals surface area contributed by atoms with Crippen LogP contribution >= 0.6 is 0 Å². The van der Waals surface area contributed by atoms with E-state index in [9.17, 15) is 36.2 Å². The predicted molar refractivity (Wildman–Crippen MR) is 150 cm³/mol. The molecule has 2 rings (SSSR count). The Hall–Kier alpha value is -0.619. The van der Waals surface area contributed by atoms with Gasteiger partial charge in [0.25, 0.3) is 5.60 Å². The number of aliphatic hydroxyl groups is 1. The molecule has 2 aliphatic rings. The first-order valence-electron chi connectivity index (χ1n) is 14.1. The highest BCUT2D eigenvalue weighted by Gasteiger charge is 2.71. The second kappa shape index (κ2) is 13.5. The van der Waals surface area contributed by atoms with Crippen LogP contribution in [0, 0.1) is 17.3 Å². The molecule has 0 heterocycles. The van der Waals surface area contributed by atoms with E-state index in [1.54, 1.807) is 27.3 Å². The number of rotatable bonds is 15. The second-order valence-corrected chi connectivity index (χ2v) is 22.1. The van der Waals surface area contributed by atoms with Crippen LogP contribution in [-0.4, -0.2) is 96.6 Å². The number of halogens is 6. The van der Waals surface area contributed by atoms with E-state index < -0.39 is 74.3 Å². The van der Waals surface area contributed by atoms with E-state index in [4.69, 9.17) is 35.1 Å². The molecule has 0 amide bonds. The summed E-state index contributed by atoms with van der Waals surface area (Å²) in [4.78, 5) is 13.4. The number of alkyl halides is 6. The lowest BCUT2D eigenvalue weighted by Crippen LogP contribution is -2.64. The molecule has 10 nitrogen and oxygen atoms in total. The fourth-order valence-corrected chi connectivity index (χ4v) is 18.0. The first kappa shape index (κ1) is 39.6. The van der Waals surface area contributed by atoms with E-state index >= 15 is 0 Å². The molecule has 44 heavy (non-hydrogen) atoms. The monoisotopic (exact) mass is 704 g/mol. The molecule has 0 aromatic heterocycles. The molecule has 2 aliphatic carbocycles. The number of ether oxygens (including phenoxy) is 1. The summed E-state index contributed by atoms with van der Waals surface area (Å²) in [5, 5.41) is 9.76. The minimum absolute atomic E-state index is 0.131. The fraction of sp³-hybridized carbons (Fsp3) is 0.960. The summed E-state index contributed by atoms with van der Waals surface area (Å²) in [5.74, 6) is -0.492. The number of carbonyl (C=O) groups is 1. The summed E-state index contributed by atoms with van der Waals surface area (Å²) >= 11 is 0. The number of carbonyl (C=O) groups excluding carboxylic acids is 1. The average molecular weight is 705 g/mol. The Morgan fingerprint density at radius 3 is 1.77 bits per heavy atom. The lowest BCUT2D eigenvalue weighted by molar-refractivity contribution is -0.370. The van der Waals surface area contributed by atoms with Crippen molar-refractivity contribution in [2.45, 2.75) is 101 Å². The van der Waals surface area contributed by atoms with Crippen LogP contribution in [0.2, 0.25) is 18.1 Å². The van der Waals surface area contributed by atoms with Crippen LogP contribution in [0.1, 0.15) is 59.8 Å². The van der Waals surface area contributed by atoms with Crippen molar-refractivity contribution in [3.8, 4) is 0 Å². The Kier molecular flexibility index (Phi) is 12.1. The molecule has 0 radical (unpaired) electrons. The standard InChI is InChI=1S/C25H46F6O10Si3/c1-21(2,3)39-20(32)22(4)16-17-14-18(22)19(15-17)42(10,34-5)40-43(35-6,41-44(36-7,37-8)38-9)13-11-12-23(33,24(26,27)28)25(29,30)31/h17-19,33H,11-16H2,1-10H3. The molecule has 2 fully saturated rings. The van der Waals surface area contributed by atoms with Crippen LogP contribution in [0.4, 0.5) is 26.3 Å². The lowest BCUT2D eigenvalue weighted by atomic mass is 9.74. The molecule has 0 aromatic carbocycles. The minimum atomic E-state index is -6.00. The number of fused-ring (bicyclic) bond motifs is 2. The van der Waals surface area contributed by atoms with Crippen molar-refractivity contribution in [2.75, 3.05) is 35.5 Å². The Labute approximate surface area is 258 Å². The highest BCUT2D eigenvalue weighted by Crippen LogP contribution is 2.64. The van der Waals surface area contributed by atoms with Gasteiger partial charge in [-0.25, -0.2) is 0 Å². The maximum absolute atomic E-state index is 13.4. The first-order chi connectivity index (χ1) is 19.9. The van der Waals surface area contributed by atoms with Crippen LogP contribution in [0.3, 0.4) is 0 Å². The van der Waals surface area contributed by atoms with Crippen molar-refractivity contribution in [1.82, 2.24) is 0 Å². The van der Waals surface area contributed by atoms with Gasteiger partial charge in [-0.15, -0.1) is 0 Å². The van der Waals surface area contributed by atoms with Gasteiger partial charge in [0, 0.05) is 47.1 Å². The van der Waals surface area contributed by atoms with Gasteiger partial charge >= 0.3 is 44.7 Å². The van der Waals surface area contributed by atoms with Gasteiger partial charge in [0.1, 0.15) is 5.60 Å². The molecule has 1 N–H and O–H groups in total. The van der Waals surface area contributed by atoms with Crippen molar-refractivity contribution >= 4 is 32.4 Å². The van der Waals surface area contributed by atoms with Crippen molar-refractivity contribution < 1.29 is 71.3 Å². The topological polar surface area (TPSA) is 111 Å². The van der Waals surface area contributed by atoms with Crippen LogP contribution in [-0.2, 0) is 39.9 Å². The molecule has 6 atom stereocenters. The lowest BCUT2D eigenvalue weighted by Gasteiger charge is -2.46. The molecule has 2 bridgehead atoms. The predicted octanol–water partition coefficient (Wildman–Crippen LogP) is 5.48. The molecular formula is C25H46F6O10Si3. The maximum Gasteiger partial charge on any atom is 0.671 e. The van der Waals surface area contributed by atoms with Gasteiger partial charge in [0.15, 0.2) is 0 Å². The zero-order valence-corrected chi connectivity index (χ0v) is 29.9. The number of esters is 1. The zero-order chi connectivity index (χ0) is 34.2. The largest absolute Gasteiger partial charge is 0.671 e. The summed E-state index contributed by atoms with van der Waals surface area (Å²) in [6, 6.07) is -0.612. The minimum Gasteiger partial charge on any atom is -0.460 e. The van der Waals surface area contributed by atoms with E-state index in [1.807, 2.05) is 6.92 Å². The van der Waals surface area contributed by atoms with Crippen molar-refractivity contribution in [3.05, 3.63) is 0 Å². The van der Waals surface area contributed by atoms with Gasteiger partial charge in [0.2, 0.25) is 0 Å². The quantitative estimate of drug-likeness (QED) is 0.134. The first-order valence-corrected chi connectivity index (χ1v) is 20.1. The van der Waals surface area contributed by atoms with Gasteiger partial charge < -0.3 is 40.2 Å². The second-order valence-electron chi connectivity index (χ2n) is 12.8. The number of hydrogen-bond donors (Lipinski definition) is 1. The van der Waals surface area contributed by atoms with Crippen LogP contribution in [0.5, 0.6) is 0 Å². The Bertz CT molecular complexity index is 973. The summed E-state index contributed by atoms with van der Waals surface area (Å²) in [7, 11) is -5.93. The van der Waals surface area contributed by atoms with E-state index in [0.29, 0.717) is 19.3 Å². The highest BCUT2D eigenvalue weighted by molar-refractivity contribution is 6.82. The third kappa shape index (κ3) is 7.91. The summed E-state index contributed by atoms with van der Waals surface area (Å²) in [6.07, 6.45) is -12.8. The molecular weight excluding hydrogens is 659 g/mol. The van der Waals surface area contributed by atoms with Gasteiger partial charge in [-0.2, -0.15) is 26.3 Å². The summed E-state index contributed by atoms with van der Waals surface area (Å²) in [6.45, 7) is 8.82. The molecule has 0 spiro atoms. The molecule has 260 valence electrons. The smallest absolute Gasteiger partial charge is 0.460 e. The molecule has 0 aromatic rings. The molecule has 6 unspecified atom stereocenters. The molecule has 19 heteroatoms. The Morgan fingerprint density at radius 2 is 1.39 bits per heavy atom. The van der Waals surface area contributed by atoms with E-state index in [2.05, 4.69) is 0 Å². The molecule has 2 saturated carbocycles. The fourth-order valence-electron chi connectivity index (χ4n) is 6.43. The SMILES string of the molecule is CO[Si](CCCC(O)(C(F)(F)F)C(F)(F)F)(O[Si](OC)(OC)OC)O[Si](C)(OC)C1CC2CC1C(C)(C(=O)OC(C)(C)C)C2. The van der Waals surface area contributed by atoms with Crippen molar-refractivity contribution in [2.24, 2.45) is 17.3 Å². The normalized spacial score (nSPS) is 27.7. The highest BCUT2D eigenvalue weighted by atomic mass is 28.5. The van der Waals surface area contributed by atoms with E-state index in [0.717, 1.165) is 7.11 Å². The Morgan fingerprint density at radius 1 is 0.864 bits per heavy atom. The van der Waals surface area contributed by atoms with Crippen LogP contribution in [0.25, 0.3) is 0 Å². The molecule has 0 aliphatic heterocycles. The molecule has 0 saturated heterocycles. The van der Waals surface area contributed by atoms with E-state index in [-0.39, 0.29) is 23.3 Å². The van der Waals surface area contributed by atoms with Crippen LogP contribution < -0.4 is 0 Å².